The van der Waals surface area contributed by atoms with Gasteiger partial charge in [0.15, 0.2) is 0 Å². The Morgan fingerprint density at radius 1 is 1.16 bits per heavy atom. The van der Waals surface area contributed by atoms with E-state index in [1.807, 2.05) is 4.90 Å². The van der Waals surface area contributed by atoms with Crippen LogP contribution in [0.3, 0.4) is 0 Å². The van der Waals surface area contributed by atoms with Crippen molar-refractivity contribution in [1.29, 1.82) is 5.26 Å². The molecule has 0 bridgehead atoms. The number of nitrogens with zero attached hydrogens (tertiary/aromatic N) is 2. The molecule has 1 aromatic heterocycles. The van der Waals surface area contributed by atoms with E-state index < -0.39 is 11.7 Å². The summed E-state index contributed by atoms with van der Waals surface area (Å²) in [6, 6.07) is 8.72. The smallest absolute Gasteiger partial charge is 0.371 e. The van der Waals surface area contributed by atoms with Gasteiger partial charge in [-0.15, -0.1) is 0 Å². The first-order valence-electron chi connectivity index (χ1n) is 7.93. The quantitative estimate of drug-likeness (QED) is 0.902. The topological polar surface area (TPSA) is 59.9 Å². The third kappa shape index (κ3) is 3.68. The van der Waals surface area contributed by atoms with Crippen molar-refractivity contribution in [3.63, 3.8) is 0 Å². The minimum Gasteiger partial charge on any atom is -0.371 e. The number of piperidine rings is 1. The third-order valence-electron chi connectivity index (χ3n) is 4.57. The Hall–Kier alpha value is -2.75. The van der Waals surface area contributed by atoms with E-state index in [2.05, 4.69) is 4.98 Å². The molecule has 2 aromatic rings. The molecule has 1 aliphatic heterocycles. The summed E-state index contributed by atoms with van der Waals surface area (Å²) in [4.78, 5) is 15.7. The number of halogens is 3. The molecule has 1 aromatic carbocycles. The van der Waals surface area contributed by atoms with E-state index in [-0.39, 0.29) is 17.0 Å². The van der Waals surface area contributed by atoms with Gasteiger partial charge in [0, 0.05) is 31.0 Å². The highest BCUT2D eigenvalue weighted by molar-refractivity contribution is 5.55. The van der Waals surface area contributed by atoms with Gasteiger partial charge in [0.05, 0.1) is 17.2 Å². The third-order valence-corrected chi connectivity index (χ3v) is 4.57. The molecule has 0 radical (unpaired) electrons. The SMILES string of the molecule is N#Cc1ccc(N2CCC(c3ccc(=O)[nH]c3)CC2)cc1C(F)(F)F. The molecule has 0 saturated carbocycles. The average molecular weight is 347 g/mol. The lowest BCUT2D eigenvalue weighted by molar-refractivity contribution is -0.137. The summed E-state index contributed by atoms with van der Waals surface area (Å²) in [6.45, 7) is 1.24. The zero-order valence-electron chi connectivity index (χ0n) is 13.3. The van der Waals surface area contributed by atoms with Gasteiger partial charge in [0.25, 0.3) is 0 Å². The summed E-state index contributed by atoms with van der Waals surface area (Å²) in [5.41, 5.74) is 0.106. The molecular formula is C18H16F3N3O. The van der Waals surface area contributed by atoms with Crippen LogP contribution in [-0.4, -0.2) is 18.1 Å². The molecule has 0 amide bonds. The molecular weight excluding hydrogens is 331 g/mol. The predicted octanol–water partition coefficient (Wildman–Crippen LogP) is 3.65. The Morgan fingerprint density at radius 3 is 2.44 bits per heavy atom. The second kappa shape index (κ2) is 6.63. The average Bonchev–Trinajstić information content (AvgIpc) is 2.61. The summed E-state index contributed by atoms with van der Waals surface area (Å²) < 4.78 is 39.3. The van der Waals surface area contributed by atoms with Crippen LogP contribution in [0.4, 0.5) is 18.9 Å². The van der Waals surface area contributed by atoms with Crippen LogP contribution in [-0.2, 0) is 6.18 Å². The number of aromatic nitrogens is 1. The second-order valence-electron chi connectivity index (χ2n) is 6.09. The van der Waals surface area contributed by atoms with Gasteiger partial charge in [-0.3, -0.25) is 4.79 Å². The summed E-state index contributed by atoms with van der Waals surface area (Å²) in [7, 11) is 0. The summed E-state index contributed by atoms with van der Waals surface area (Å²) >= 11 is 0. The van der Waals surface area contributed by atoms with Crippen molar-refractivity contribution in [3.05, 3.63) is 63.6 Å². The number of alkyl halides is 3. The molecule has 25 heavy (non-hydrogen) atoms. The van der Waals surface area contributed by atoms with Gasteiger partial charge in [-0.25, -0.2) is 0 Å². The number of benzene rings is 1. The van der Waals surface area contributed by atoms with Crippen LogP contribution >= 0.6 is 0 Å². The van der Waals surface area contributed by atoms with Gasteiger partial charge < -0.3 is 9.88 Å². The van der Waals surface area contributed by atoms with E-state index in [0.717, 1.165) is 24.5 Å². The van der Waals surface area contributed by atoms with E-state index in [4.69, 9.17) is 5.26 Å². The first kappa shape index (κ1) is 17.1. The molecule has 2 heterocycles. The maximum atomic E-state index is 13.1. The van der Waals surface area contributed by atoms with Gasteiger partial charge in [-0.05, 0) is 42.5 Å². The Kier molecular flexibility index (Phi) is 4.53. The molecule has 7 heteroatoms. The molecule has 130 valence electrons. The van der Waals surface area contributed by atoms with E-state index in [0.29, 0.717) is 18.8 Å². The molecule has 1 aliphatic rings. The number of H-pyrrole nitrogens is 1. The number of anilines is 1. The Morgan fingerprint density at radius 2 is 1.88 bits per heavy atom. The number of aromatic amines is 1. The van der Waals surface area contributed by atoms with Crippen molar-refractivity contribution in [3.8, 4) is 6.07 Å². The summed E-state index contributed by atoms with van der Waals surface area (Å²) in [5, 5.41) is 8.87. The largest absolute Gasteiger partial charge is 0.417 e. The normalized spacial score (nSPS) is 15.8. The monoisotopic (exact) mass is 347 g/mol. The van der Waals surface area contributed by atoms with Crippen LogP contribution in [0, 0.1) is 11.3 Å². The van der Waals surface area contributed by atoms with Gasteiger partial charge in [-0.1, -0.05) is 6.07 Å². The van der Waals surface area contributed by atoms with Gasteiger partial charge >= 0.3 is 6.18 Å². The molecule has 4 nitrogen and oxygen atoms in total. The standard InChI is InChI=1S/C18H16F3N3O/c19-18(20,21)16-9-15(3-1-13(16)10-22)24-7-5-12(6-8-24)14-2-4-17(25)23-11-14/h1-4,9,11-12H,5-8H2,(H,23,25). The van der Waals surface area contributed by atoms with Crippen LogP contribution in [0.15, 0.2) is 41.3 Å². The van der Waals surface area contributed by atoms with Crippen molar-refractivity contribution in [1.82, 2.24) is 4.98 Å². The number of hydrogen-bond acceptors (Lipinski definition) is 3. The number of rotatable bonds is 2. The second-order valence-corrected chi connectivity index (χ2v) is 6.09. The van der Waals surface area contributed by atoms with Crippen molar-refractivity contribution in [2.24, 2.45) is 0 Å². The van der Waals surface area contributed by atoms with Gasteiger partial charge in [-0.2, -0.15) is 18.4 Å². The lowest BCUT2D eigenvalue weighted by atomic mass is 9.90. The van der Waals surface area contributed by atoms with Crippen LogP contribution in [0.2, 0.25) is 0 Å². The highest BCUT2D eigenvalue weighted by Gasteiger charge is 2.34. The minimum atomic E-state index is -4.55. The predicted molar refractivity (Wildman–Crippen MR) is 87.4 cm³/mol. The van der Waals surface area contributed by atoms with Crippen molar-refractivity contribution < 1.29 is 13.2 Å². The molecule has 1 fully saturated rings. The zero-order valence-corrected chi connectivity index (χ0v) is 13.3. The van der Waals surface area contributed by atoms with Crippen molar-refractivity contribution in [2.75, 3.05) is 18.0 Å². The minimum absolute atomic E-state index is 0.154. The van der Waals surface area contributed by atoms with Crippen LogP contribution in [0.1, 0.15) is 35.4 Å². The maximum absolute atomic E-state index is 13.1. The Labute approximate surface area is 142 Å². The zero-order chi connectivity index (χ0) is 18.0. The number of nitrogens with one attached hydrogen (secondary N) is 1. The highest BCUT2D eigenvalue weighted by atomic mass is 19.4. The fourth-order valence-electron chi connectivity index (χ4n) is 3.21. The molecule has 0 unspecified atom stereocenters. The summed E-state index contributed by atoms with van der Waals surface area (Å²) in [6.07, 6.45) is -1.28. The van der Waals surface area contributed by atoms with Crippen molar-refractivity contribution in [2.45, 2.75) is 24.9 Å². The van der Waals surface area contributed by atoms with Crippen LogP contribution in [0.5, 0.6) is 0 Å². The lowest BCUT2D eigenvalue weighted by Crippen LogP contribution is -2.33. The van der Waals surface area contributed by atoms with E-state index >= 15 is 0 Å². The van der Waals surface area contributed by atoms with E-state index in [1.165, 1.54) is 12.1 Å². The van der Waals surface area contributed by atoms with Crippen LogP contribution in [0.25, 0.3) is 0 Å². The molecule has 0 aliphatic carbocycles. The Balaban J connectivity index is 1.76. The van der Waals surface area contributed by atoms with E-state index in [1.54, 1.807) is 24.4 Å². The Bertz CT molecular complexity index is 839. The fraction of sp³-hybridized carbons (Fsp3) is 0.333. The summed E-state index contributed by atoms with van der Waals surface area (Å²) in [5.74, 6) is 0.272. The van der Waals surface area contributed by atoms with Crippen molar-refractivity contribution >= 4 is 5.69 Å². The maximum Gasteiger partial charge on any atom is 0.417 e. The first-order valence-corrected chi connectivity index (χ1v) is 7.93. The molecule has 1 saturated heterocycles. The molecule has 1 N–H and O–H groups in total. The van der Waals surface area contributed by atoms with Crippen LogP contribution < -0.4 is 10.5 Å². The first-order chi connectivity index (χ1) is 11.9. The van der Waals surface area contributed by atoms with E-state index in [9.17, 15) is 18.0 Å². The van der Waals surface area contributed by atoms with Gasteiger partial charge in [0.2, 0.25) is 5.56 Å². The lowest BCUT2D eigenvalue weighted by Gasteiger charge is -2.34. The highest BCUT2D eigenvalue weighted by Crippen LogP contribution is 2.36. The fourth-order valence-corrected chi connectivity index (χ4v) is 3.21. The number of pyridine rings is 1. The molecule has 0 atom stereocenters. The number of hydrogen-bond donors (Lipinski definition) is 1. The number of nitriles is 1. The molecule has 0 spiro atoms. The molecule has 3 rings (SSSR count). The van der Waals surface area contributed by atoms with Gasteiger partial charge in [0.1, 0.15) is 0 Å².